The summed E-state index contributed by atoms with van der Waals surface area (Å²) in [4.78, 5) is 22.1. The molecule has 6 nitrogen and oxygen atoms in total. The Morgan fingerprint density at radius 1 is 0.786 bits per heavy atom. The van der Waals surface area contributed by atoms with Crippen molar-refractivity contribution in [2.75, 3.05) is 0 Å². The zero-order chi connectivity index (χ0) is 10.9. The van der Waals surface area contributed by atoms with E-state index in [0.717, 1.165) is 0 Å². The van der Waals surface area contributed by atoms with Gasteiger partial charge in [-0.1, -0.05) is 0 Å². The van der Waals surface area contributed by atoms with Crippen molar-refractivity contribution < 1.29 is 30.0 Å². The standard InChI is InChI=1S/C8H12O6/c9-3-1-2-4(10)6(12)8(14)7(13)5(3)11/h3-6,9-12H,1-2H2. The van der Waals surface area contributed by atoms with Crippen LogP contribution < -0.4 is 0 Å². The second-order valence-corrected chi connectivity index (χ2v) is 3.33. The van der Waals surface area contributed by atoms with E-state index in [2.05, 4.69) is 0 Å². The average Bonchev–Trinajstić information content (AvgIpc) is 2.19. The fraction of sp³-hybridized carbons (Fsp3) is 0.750. The Morgan fingerprint density at radius 3 is 1.36 bits per heavy atom. The predicted molar refractivity (Wildman–Crippen MR) is 43.3 cm³/mol. The van der Waals surface area contributed by atoms with Gasteiger partial charge in [-0.2, -0.15) is 0 Å². The fourth-order valence-electron chi connectivity index (χ4n) is 1.30. The number of Topliss-reactive ketones (excluding diaryl/α,β-unsaturated/α-hetero) is 2. The summed E-state index contributed by atoms with van der Waals surface area (Å²) in [5.74, 6) is -2.52. The molecular formula is C8H12O6. The maximum atomic E-state index is 11.0. The SMILES string of the molecule is O=C1C(=O)C(O)C(O)CCC(O)C1O. The monoisotopic (exact) mass is 204 g/mol. The van der Waals surface area contributed by atoms with Crippen LogP contribution in [0, 0.1) is 0 Å². The van der Waals surface area contributed by atoms with E-state index in [-0.39, 0.29) is 12.8 Å². The molecule has 0 aromatic carbocycles. The third kappa shape index (κ3) is 1.98. The van der Waals surface area contributed by atoms with Crippen molar-refractivity contribution in [2.24, 2.45) is 0 Å². The molecule has 4 N–H and O–H groups in total. The molecule has 1 saturated carbocycles. The number of carbonyl (C=O) groups excluding carboxylic acids is 2. The van der Waals surface area contributed by atoms with Crippen LogP contribution in [0.5, 0.6) is 0 Å². The second kappa shape index (κ2) is 4.14. The molecule has 0 amide bonds. The number of aliphatic hydroxyl groups excluding tert-OH is 4. The molecule has 1 aliphatic rings. The number of carbonyl (C=O) groups is 2. The van der Waals surface area contributed by atoms with Crippen molar-refractivity contribution in [1.82, 2.24) is 0 Å². The first kappa shape index (κ1) is 11.3. The summed E-state index contributed by atoms with van der Waals surface area (Å²) < 4.78 is 0. The summed E-state index contributed by atoms with van der Waals surface area (Å²) in [6.07, 6.45) is -6.42. The summed E-state index contributed by atoms with van der Waals surface area (Å²) >= 11 is 0. The highest BCUT2D eigenvalue weighted by Crippen LogP contribution is 2.14. The lowest BCUT2D eigenvalue weighted by Crippen LogP contribution is -2.49. The minimum Gasteiger partial charge on any atom is -0.390 e. The molecule has 0 radical (unpaired) electrons. The Balaban J connectivity index is 2.86. The van der Waals surface area contributed by atoms with Crippen LogP contribution in [-0.2, 0) is 9.59 Å². The molecule has 0 spiro atoms. The van der Waals surface area contributed by atoms with Crippen LogP contribution in [0.1, 0.15) is 12.8 Å². The van der Waals surface area contributed by atoms with Gasteiger partial charge in [0, 0.05) is 0 Å². The first-order valence-electron chi connectivity index (χ1n) is 4.25. The molecule has 0 aliphatic heterocycles. The maximum Gasteiger partial charge on any atom is 0.232 e. The van der Waals surface area contributed by atoms with Crippen molar-refractivity contribution in [3.63, 3.8) is 0 Å². The van der Waals surface area contributed by atoms with Crippen LogP contribution >= 0.6 is 0 Å². The fourth-order valence-corrected chi connectivity index (χ4v) is 1.30. The molecule has 4 unspecified atom stereocenters. The van der Waals surface area contributed by atoms with Gasteiger partial charge in [0.05, 0.1) is 12.2 Å². The zero-order valence-corrected chi connectivity index (χ0v) is 7.33. The Morgan fingerprint density at radius 2 is 1.07 bits per heavy atom. The number of ketones is 2. The quantitative estimate of drug-likeness (QED) is 0.321. The van der Waals surface area contributed by atoms with Crippen molar-refractivity contribution in [2.45, 2.75) is 37.3 Å². The molecule has 14 heavy (non-hydrogen) atoms. The van der Waals surface area contributed by atoms with Crippen LogP contribution in [0.4, 0.5) is 0 Å². The normalized spacial score (nSPS) is 40.6. The first-order valence-corrected chi connectivity index (χ1v) is 4.25. The van der Waals surface area contributed by atoms with E-state index in [4.69, 9.17) is 20.4 Å². The lowest BCUT2D eigenvalue weighted by molar-refractivity contribution is -0.155. The lowest BCUT2D eigenvalue weighted by atomic mass is 9.91. The molecule has 0 aromatic rings. The van der Waals surface area contributed by atoms with Gasteiger partial charge in [-0.15, -0.1) is 0 Å². The Kier molecular flexibility index (Phi) is 3.33. The maximum absolute atomic E-state index is 11.0. The first-order chi connectivity index (χ1) is 6.45. The smallest absolute Gasteiger partial charge is 0.232 e. The Bertz CT molecular complexity index is 224. The van der Waals surface area contributed by atoms with Crippen molar-refractivity contribution >= 4 is 11.6 Å². The van der Waals surface area contributed by atoms with E-state index < -0.39 is 36.0 Å². The number of hydrogen-bond acceptors (Lipinski definition) is 6. The molecule has 0 saturated heterocycles. The van der Waals surface area contributed by atoms with E-state index in [1.54, 1.807) is 0 Å². The van der Waals surface area contributed by atoms with Crippen molar-refractivity contribution in [3.05, 3.63) is 0 Å². The highest BCUT2D eigenvalue weighted by Gasteiger charge is 2.39. The number of hydrogen-bond donors (Lipinski definition) is 4. The molecular weight excluding hydrogens is 192 g/mol. The molecule has 1 aliphatic carbocycles. The Labute approximate surface area is 79.8 Å². The van der Waals surface area contributed by atoms with Gasteiger partial charge in [-0.25, -0.2) is 0 Å². The summed E-state index contributed by atoms with van der Waals surface area (Å²) in [6.45, 7) is 0. The molecule has 6 heteroatoms. The molecule has 0 aromatic heterocycles. The third-order valence-corrected chi connectivity index (χ3v) is 2.27. The predicted octanol–water partition coefficient (Wildman–Crippen LogP) is -2.64. The molecule has 0 bridgehead atoms. The summed E-state index contributed by atoms with van der Waals surface area (Å²) in [6, 6.07) is 0. The van der Waals surface area contributed by atoms with Gasteiger partial charge in [0.2, 0.25) is 11.6 Å². The third-order valence-electron chi connectivity index (χ3n) is 2.27. The van der Waals surface area contributed by atoms with Crippen LogP contribution in [0.2, 0.25) is 0 Å². The number of rotatable bonds is 0. The van der Waals surface area contributed by atoms with Crippen LogP contribution in [0.15, 0.2) is 0 Å². The van der Waals surface area contributed by atoms with E-state index in [1.807, 2.05) is 0 Å². The van der Waals surface area contributed by atoms with E-state index >= 15 is 0 Å². The summed E-state index contributed by atoms with van der Waals surface area (Å²) in [5, 5.41) is 36.5. The molecule has 80 valence electrons. The van der Waals surface area contributed by atoms with Gasteiger partial charge in [0.1, 0.15) is 12.2 Å². The van der Waals surface area contributed by atoms with Gasteiger partial charge in [0.25, 0.3) is 0 Å². The topological polar surface area (TPSA) is 115 Å². The van der Waals surface area contributed by atoms with Gasteiger partial charge >= 0.3 is 0 Å². The molecule has 1 rings (SSSR count). The van der Waals surface area contributed by atoms with E-state index in [9.17, 15) is 9.59 Å². The largest absolute Gasteiger partial charge is 0.390 e. The van der Waals surface area contributed by atoms with Gasteiger partial charge in [-0.05, 0) is 12.8 Å². The van der Waals surface area contributed by atoms with Gasteiger partial charge in [-0.3, -0.25) is 9.59 Å². The summed E-state index contributed by atoms with van der Waals surface area (Å²) in [5.41, 5.74) is 0. The molecule has 4 atom stereocenters. The van der Waals surface area contributed by atoms with Crippen LogP contribution in [0.3, 0.4) is 0 Å². The van der Waals surface area contributed by atoms with Crippen molar-refractivity contribution in [1.29, 1.82) is 0 Å². The molecule has 0 heterocycles. The average molecular weight is 204 g/mol. The van der Waals surface area contributed by atoms with Crippen LogP contribution in [-0.4, -0.2) is 56.4 Å². The highest BCUT2D eigenvalue weighted by molar-refractivity contribution is 6.40. The highest BCUT2D eigenvalue weighted by atomic mass is 16.4. The van der Waals surface area contributed by atoms with Crippen LogP contribution in [0.25, 0.3) is 0 Å². The van der Waals surface area contributed by atoms with E-state index in [1.165, 1.54) is 0 Å². The van der Waals surface area contributed by atoms with Gasteiger partial charge < -0.3 is 20.4 Å². The molecule has 1 fully saturated rings. The minimum absolute atomic E-state index is 0.0432. The second-order valence-electron chi connectivity index (χ2n) is 3.33. The number of aliphatic hydroxyl groups is 4. The minimum atomic E-state index is -1.80. The zero-order valence-electron chi connectivity index (χ0n) is 7.33. The van der Waals surface area contributed by atoms with Gasteiger partial charge in [0.15, 0.2) is 0 Å². The summed E-state index contributed by atoms with van der Waals surface area (Å²) in [7, 11) is 0. The van der Waals surface area contributed by atoms with Crippen molar-refractivity contribution in [3.8, 4) is 0 Å². The van der Waals surface area contributed by atoms with E-state index in [0.29, 0.717) is 0 Å². The lowest BCUT2D eigenvalue weighted by Gasteiger charge is -2.24. The Hall–Kier alpha value is -0.820.